The molecule has 5 nitrogen and oxygen atoms in total. The van der Waals surface area contributed by atoms with Crippen LogP contribution in [0.15, 0.2) is 82.9 Å². The Labute approximate surface area is 261 Å². The SMILES string of the molecule is Cc1ccc(S(=O)(=O)N2CC3=C[Si]([Si](C)(C)C)([Si](C)(C)C)C[C@]3(C(=O)OC(C)(C)C)[C@@H]2c2ccc3ccccc3c2)cc1. The molecule has 0 bridgehead atoms. The van der Waals surface area contributed by atoms with Crippen molar-refractivity contribution in [2.24, 2.45) is 5.41 Å². The van der Waals surface area contributed by atoms with Crippen molar-refractivity contribution in [3.05, 3.63) is 89.1 Å². The second-order valence-electron chi connectivity index (χ2n) is 15.7. The molecule has 1 saturated heterocycles. The van der Waals surface area contributed by atoms with E-state index in [4.69, 9.17) is 4.74 Å². The van der Waals surface area contributed by atoms with E-state index in [0.717, 1.165) is 27.5 Å². The molecule has 0 amide bonds. The van der Waals surface area contributed by atoms with Gasteiger partial charge in [-0.1, -0.05) is 99.1 Å². The number of esters is 1. The molecule has 1 fully saturated rings. The zero-order valence-electron chi connectivity index (χ0n) is 27.4. The lowest BCUT2D eigenvalue weighted by atomic mass is 9.76. The standard InChI is InChI=1S/C34H47NO4SSi3/c1-25-15-19-30(20-16-25)40(37,38)35-22-29-23-43(41(5,6)7,42(8,9)10)24-34(29,32(36)39-33(2,3)4)31(35)28-18-17-26-13-11-12-14-27(26)21-28/h11-21,23,31H,22,24H2,1-10H3/t31-,34+/m0/s1. The summed E-state index contributed by atoms with van der Waals surface area (Å²) in [6.45, 7) is 22.6. The molecule has 230 valence electrons. The third-order valence-electron chi connectivity index (χ3n) is 9.79. The Morgan fingerprint density at radius 2 is 1.49 bits per heavy atom. The molecule has 0 radical (unpaired) electrons. The van der Waals surface area contributed by atoms with Gasteiger partial charge in [-0.3, -0.25) is 4.79 Å². The number of rotatable bonds is 6. The van der Waals surface area contributed by atoms with Gasteiger partial charge in [0.05, 0.1) is 18.0 Å². The van der Waals surface area contributed by atoms with Crippen LogP contribution in [-0.2, 0) is 19.6 Å². The van der Waals surface area contributed by atoms with Crippen LogP contribution in [-0.4, -0.2) is 53.1 Å². The fraction of sp³-hybridized carbons (Fsp3) is 0.441. The van der Waals surface area contributed by atoms with Crippen molar-refractivity contribution in [3.8, 4) is 0 Å². The molecular formula is C34H47NO4SSi3. The highest BCUT2D eigenvalue weighted by molar-refractivity contribution is 7.89. The van der Waals surface area contributed by atoms with Crippen molar-refractivity contribution in [1.82, 2.24) is 4.31 Å². The van der Waals surface area contributed by atoms with Gasteiger partial charge in [0.15, 0.2) is 0 Å². The first-order chi connectivity index (χ1) is 19.7. The summed E-state index contributed by atoms with van der Waals surface area (Å²) in [5.74, 6) is -0.281. The first-order valence-electron chi connectivity index (χ1n) is 15.3. The van der Waals surface area contributed by atoms with Crippen LogP contribution in [0.5, 0.6) is 0 Å². The normalized spacial score (nSPS) is 22.8. The molecule has 0 N–H and O–H groups in total. The van der Waals surface area contributed by atoms with Crippen molar-refractivity contribution in [2.75, 3.05) is 6.54 Å². The predicted molar refractivity (Wildman–Crippen MR) is 185 cm³/mol. The zero-order chi connectivity index (χ0) is 31.8. The minimum atomic E-state index is -3.95. The topological polar surface area (TPSA) is 63.7 Å². The molecule has 43 heavy (non-hydrogen) atoms. The number of benzene rings is 3. The highest BCUT2D eigenvalue weighted by atomic mass is 32.2. The first-order valence-corrected chi connectivity index (χ1v) is 28.0. The van der Waals surface area contributed by atoms with Gasteiger partial charge in [-0.2, -0.15) is 4.31 Å². The number of fused-ring (bicyclic) bond motifs is 2. The lowest BCUT2D eigenvalue weighted by Gasteiger charge is -2.49. The van der Waals surface area contributed by atoms with Crippen molar-refractivity contribution >= 4 is 49.1 Å². The molecule has 9 heteroatoms. The van der Waals surface area contributed by atoms with Gasteiger partial charge in [0.2, 0.25) is 10.0 Å². The number of hydrogen-bond donors (Lipinski definition) is 0. The average Bonchev–Trinajstić information content (AvgIpc) is 3.40. The second-order valence-corrected chi connectivity index (χ2v) is 45.0. The maximum Gasteiger partial charge on any atom is 0.318 e. The monoisotopic (exact) mass is 649 g/mol. The van der Waals surface area contributed by atoms with E-state index in [1.165, 1.54) is 0 Å². The van der Waals surface area contributed by atoms with Gasteiger partial charge in [0.25, 0.3) is 0 Å². The second kappa shape index (κ2) is 10.4. The number of hydrogen-bond acceptors (Lipinski definition) is 4. The van der Waals surface area contributed by atoms with Crippen LogP contribution < -0.4 is 0 Å². The smallest absolute Gasteiger partial charge is 0.318 e. The fourth-order valence-electron chi connectivity index (χ4n) is 7.67. The van der Waals surface area contributed by atoms with E-state index in [2.05, 4.69) is 69.2 Å². The summed E-state index contributed by atoms with van der Waals surface area (Å²) in [6, 6.07) is 21.4. The maximum atomic E-state index is 14.9. The summed E-state index contributed by atoms with van der Waals surface area (Å²) in [7, 11) is -9.68. The largest absolute Gasteiger partial charge is 0.459 e. The van der Waals surface area contributed by atoms with Crippen molar-refractivity contribution < 1.29 is 17.9 Å². The van der Waals surface area contributed by atoms with E-state index in [1.54, 1.807) is 16.4 Å². The number of carbonyl (C=O) groups is 1. The zero-order valence-corrected chi connectivity index (χ0v) is 31.2. The van der Waals surface area contributed by atoms with Gasteiger partial charge in [-0.25, -0.2) is 8.42 Å². The number of ether oxygens (including phenoxy) is 1. The Balaban J connectivity index is 1.84. The van der Waals surface area contributed by atoms with Crippen LogP contribution in [0, 0.1) is 12.3 Å². The Bertz CT molecular complexity index is 1700. The Hall–Kier alpha value is -2.31. The van der Waals surface area contributed by atoms with Gasteiger partial charge in [-0.05, 0) is 73.8 Å². The lowest BCUT2D eigenvalue weighted by Crippen LogP contribution is -2.71. The molecule has 2 aliphatic heterocycles. The minimum Gasteiger partial charge on any atom is -0.459 e. The highest BCUT2D eigenvalue weighted by Gasteiger charge is 2.71. The summed E-state index contributed by atoms with van der Waals surface area (Å²) in [6.07, 6.45) is 0. The van der Waals surface area contributed by atoms with E-state index < -0.39 is 49.4 Å². The first kappa shape index (κ1) is 32.1. The van der Waals surface area contributed by atoms with E-state index in [9.17, 15) is 13.2 Å². The quantitative estimate of drug-likeness (QED) is 0.201. The lowest BCUT2D eigenvalue weighted by molar-refractivity contribution is -0.165. The summed E-state index contributed by atoms with van der Waals surface area (Å²) in [4.78, 5) is 15.1. The predicted octanol–water partition coefficient (Wildman–Crippen LogP) is 7.98. The summed E-state index contributed by atoms with van der Waals surface area (Å²) < 4.78 is 37.1. The van der Waals surface area contributed by atoms with E-state index in [0.29, 0.717) is 6.04 Å². The van der Waals surface area contributed by atoms with Crippen molar-refractivity contribution in [2.45, 2.75) is 89.6 Å². The molecule has 0 saturated carbocycles. The summed E-state index contributed by atoms with van der Waals surface area (Å²) in [5.41, 5.74) is 3.55. The maximum absolute atomic E-state index is 14.9. The van der Waals surface area contributed by atoms with Gasteiger partial charge in [-0.15, -0.1) is 0 Å². The van der Waals surface area contributed by atoms with Crippen LogP contribution >= 0.6 is 0 Å². The molecule has 0 unspecified atom stereocenters. The number of nitrogens with zero attached hydrogens (tertiary/aromatic N) is 1. The number of sulfonamides is 1. The van der Waals surface area contributed by atoms with Gasteiger partial charge < -0.3 is 4.74 Å². The Kier molecular flexibility index (Phi) is 7.74. The Morgan fingerprint density at radius 3 is 2.05 bits per heavy atom. The van der Waals surface area contributed by atoms with Gasteiger partial charge in [0.1, 0.15) is 11.0 Å². The van der Waals surface area contributed by atoms with Gasteiger partial charge >= 0.3 is 5.97 Å². The van der Waals surface area contributed by atoms with Crippen LogP contribution in [0.4, 0.5) is 0 Å². The molecule has 0 aliphatic carbocycles. The van der Waals surface area contributed by atoms with Crippen LogP contribution in [0.2, 0.25) is 45.3 Å². The average molecular weight is 650 g/mol. The van der Waals surface area contributed by atoms with Crippen LogP contribution in [0.1, 0.15) is 37.9 Å². The fourth-order valence-corrected chi connectivity index (χ4v) is 51.5. The molecule has 3 aromatic carbocycles. The van der Waals surface area contributed by atoms with Crippen molar-refractivity contribution in [3.63, 3.8) is 0 Å². The number of carbonyl (C=O) groups excluding carboxylic acids is 1. The molecule has 5 rings (SSSR count). The van der Waals surface area contributed by atoms with Crippen LogP contribution in [0.25, 0.3) is 10.8 Å². The molecular weight excluding hydrogens is 603 g/mol. The van der Waals surface area contributed by atoms with Crippen molar-refractivity contribution in [1.29, 1.82) is 0 Å². The third kappa shape index (κ3) is 5.24. The molecule has 2 atom stereocenters. The van der Waals surface area contributed by atoms with E-state index in [-0.39, 0.29) is 17.4 Å². The molecule has 3 aromatic rings. The van der Waals surface area contributed by atoms with E-state index in [1.807, 2.05) is 58.0 Å². The number of aryl methyl sites for hydroxylation is 1. The molecule has 0 spiro atoms. The van der Waals surface area contributed by atoms with Gasteiger partial charge in [0, 0.05) is 21.7 Å². The highest BCUT2D eigenvalue weighted by Crippen LogP contribution is 2.63. The minimum absolute atomic E-state index is 0.205. The summed E-state index contributed by atoms with van der Waals surface area (Å²) >= 11 is 0. The van der Waals surface area contributed by atoms with Crippen LogP contribution in [0.3, 0.4) is 0 Å². The summed E-state index contributed by atoms with van der Waals surface area (Å²) in [5, 5.41) is 2.11. The molecule has 2 heterocycles. The molecule has 2 aliphatic rings. The van der Waals surface area contributed by atoms with E-state index >= 15 is 0 Å². The Morgan fingerprint density at radius 1 is 0.907 bits per heavy atom. The third-order valence-corrected chi connectivity index (χ3v) is 50.4. The molecule has 0 aromatic heterocycles.